The Bertz CT molecular complexity index is 1100. The van der Waals surface area contributed by atoms with Gasteiger partial charge in [-0.1, -0.05) is 0 Å². The van der Waals surface area contributed by atoms with Gasteiger partial charge in [0.2, 0.25) is 5.91 Å². The number of nitrogens with zero attached hydrogens (tertiary/aromatic N) is 5. The lowest BCUT2D eigenvalue weighted by molar-refractivity contribution is -0.126. The summed E-state index contributed by atoms with van der Waals surface area (Å²) in [7, 11) is 0. The van der Waals surface area contributed by atoms with Crippen molar-refractivity contribution in [3.8, 4) is 0 Å². The maximum atomic E-state index is 12.5. The van der Waals surface area contributed by atoms with Crippen molar-refractivity contribution in [1.82, 2.24) is 34.8 Å². The van der Waals surface area contributed by atoms with E-state index >= 15 is 0 Å². The number of fused-ring (bicyclic) bond motifs is 1. The van der Waals surface area contributed by atoms with Gasteiger partial charge in [-0.2, -0.15) is 4.98 Å². The monoisotopic (exact) mass is 410 g/mol. The third-order valence-electron chi connectivity index (χ3n) is 5.64. The maximum Gasteiger partial charge on any atom is 0.348 e. The number of rotatable bonds is 6. The van der Waals surface area contributed by atoms with Crippen molar-refractivity contribution in [1.29, 1.82) is 0 Å². The van der Waals surface area contributed by atoms with Crippen LogP contribution in [0.3, 0.4) is 0 Å². The molecule has 30 heavy (non-hydrogen) atoms. The van der Waals surface area contributed by atoms with E-state index in [0.29, 0.717) is 24.4 Å². The molecule has 1 aliphatic carbocycles. The predicted octanol–water partition coefficient (Wildman–Crippen LogP) is 1.31. The molecule has 10 heteroatoms. The second kappa shape index (κ2) is 8.60. The molecule has 1 fully saturated rings. The SMILES string of the molecule is Cc1cc(C)n(CCNC(=O)C2CCC(Nc3ncnc4nc[nH]c34)CC2)c(=O)n1. The number of amides is 1. The van der Waals surface area contributed by atoms with Crippen LogP contribution in [0, 0.1) is 19.8 Å². The minimum absolute atomic E-state index is 0.00501. The third kappa shape index (κ3) is 4.32. The van der Waals surface area contributed by atoms with E-state index in [1.165, 1.54) is 6.33 Å². The lowest BCUT2D eigenvalue weighted by atomic mass is 9.85. The fourth-order valence-corrected chi connectivity index (χ4v) is 4.05. The molecule has 1 amide bonds. The van der Waals surface area contributed by atoms with E-state index < -0.39 is 0 Å². The summed E-state index contributed by atoms with van der Waals surface area (Å²) in [5, 5.41) is 6.43. The largest absolute Gasteiger partial charge is 0.365 e. The van der Waals surface area contributed by atoms with Crippen LogP contribution < -0.4 is 16.3 Å². The van der Waals surface area contributed by atoms with Crippen LogP contribution >= 0.6 is 0 Å². The van der Waals surface area contributed by atoms with E-state index in [1.807, 2.05) is 13.0 Å². The average Bonchev–Trinajstić information content (AvgIpc) is 3.20. The highest BCUT2D eigenvalue weighted by molar-refractivity contribution is 5.82. The number of nitrogens with one attached hydrogen (secondary N) is 3. The Morgan fingerprint density at radius 2 is 2.00 bits per heavy atom. The number of anilines is 1. The quantitative estimate of drug-likeness (QED) is 0.558. The number of aryl methyl sites for hydroxylation is 2. The van der Waals surface area contributed by atoms with Crippen molar-refractivity contribution < 1.29 is 4.79 Å². The van der Waals surface area contributed by atoms with Gasteiger partial charge in [0.05, 0.1) is 6.33 Å². The number of hydrogen-bond acceptors (Lipinski definition) is 7. The Hall–Kier alpha value is -3.30. The van der Waals surface area contributed by atoms with Crippen molar-refractivity contribution in [2.45, 2.75) is 52.1 Å². The number of carbonyl (C=O) groups is 1. The Morgan fingerprint density at radius 3 is 2.77 bits per heavy atom. The fraction of sp³-hybridized carbons (Fsp3) is 0.500. The Balaban J connectivity index is 1.25. The van der Waals surface area contributed by atoms with Gasteiger partial charge in [0.15, 0.2) is 11.5 Å². The van der Waals surface area contributed by atoms with Gasteiger partial charge in [-0.05, 0) is 45.6 Å². The molecule has 1 aliphatic rings. The van der Waals surface area contributed by atoms with Crippen molar-refractivity contribution >= 4 is 22.9 Å². The molecule has 3 heterocycles. The molecule has 3 N–H and O–H groups in total. The Morgan fingerprint density at radius 1 is 1.20 bits per heavy atom. The van der Waals surface area contributed by atoms with E-state index in [9.17, 15) is 9.59 Å². The summed E-state index contributed by atoms with van der Waals surface area (Å²) in [5.41, 5.74) is 2.72. The molecule has 158 valence electrons. The van der Waals surface area contributed by atoms with Gasteiger partial charge >= 0.3 is 5.69 Å². The lowest BCUT2D eigenvalue weighted by Crippen LogP contribution is -2.38. The fourth-order valence-electron chi connectivity index (χ4n) is 4.05. The zero-order valence-corrected chi connectivity index (χ0v) is 17.2. The molecule has 0 unspecified atom stereocenters. The van der Waals surface area contributed by atoms with Gasteiger partial charge in [-0.15, -0.1) is 0 Å². The topological polar surface area (TPSA) is 130 Å². The zero-order valence-electron chi connectivity index (χ0n) is 17.2. The Labute approximate surface area is 173 Å². The molecular formula is C20H26N8O2. The van der Waals surface area contributed by atoms with Gasteiger partial charge < -0.3 is 15.6 Å². The van der Waals surface area contributed by atoms with E-state index in [4.69, 9.17) is 0 Å². The minimum Gasteiger partial charge on any atom is -0.365 e. The van der Waals surface area contributed by atoms with Gasteiger partial charge in [-0.3, -0.25) is 9.36 Å². The summed E-state index contributed by atoms with van der Waals surface area (Å²) in [6, 6.07) is 2.13. The molecule has 10 nitrogen and oxygen atoms in total. The summed E-state index contributed by atoms with van der Waals surface area (Å²) in [5.74, 6) is 0.796. The lowest BCUT2D eigenvalue weighted by Gasteiger charge is -2.28. The van der Waals surface area contributed by atoms with Crippen molar-refractivity contribution in [2.24, 2.45) is 5.92 Å². The standard InChI is InChI=1S/C20H26N8O2/c1-12-9-13(2)28(20(30)26-12)8-7-21-19(29)14-3-5-15(6-4-14)27-18-16-17(23-10-22-16)24-11-25-18/h9-11,14-15H,3-8H2,1-2H3,(H,21,29)(H2,22,23,24,25,27). The second-order valence-corrected chi connectivity index (χ2v) is 7.78. The summed E-state index contributed by atoms with van der Waals surface area (Å²) in [4.78, 5) is 44.2. The highest BCUT2D eigenvalue weighted by atomic mass is 16.2. The first-order valence-corrected chi connectivity index (χ1v) is 10.2. The predicted molar refractivity (Wildman–Crippen MR) is 112 cm³/mol. The molecule has 0 aromatic carbocycles. The van der Waals surface area contributed by atoms with Crippen LogP contribution in [0.25, 0.3) is 11.2 Å². The molecule has 0 saturated heterocycles. The molecule has 0 radical (unpaired) electrons. The third-order valence-corrected chi connectivity index (χ3v) is 5.64. The molecule has 1 saturated carbocycles. The molecule has 4 rings (SSSR count). The van der Waals surface area contributed by atoms with E-state index in [2.05, 4.69) is 35.6 Å². The highest BCUT2D eigenvalue weighted by Crippen LogP contribution is 2.27. The number of imidazole rings is 1. The number of hydrogen-bond donors (Lipinski definition) is 3. The maximum absolute atomic E-state index is 12.5. The summed E-state index contributed by atoms with van der Waals surface area (Å²) in [6.45, 7) is 4.52. The van der Waals surface area contributed by atoms with E-state index in [0.717, 1.165) is 42.7 Å². The van der Waals surface area contributed by atoms with Crippen LogP contribution in [0.5, 0.6) is 0 Å². The first kappa shape index (κ1) is 20.0. The molecule has 3 aromatic heterocycles. The highest BCUT2D eigenvalue weighted by Gasteiger charge is 2.26. The van der Waals surface area contributed by atoms with Crippen LogP contribution in [0.1, 0.15) is 37.1 Å². The van der Waals surface area contributed by atoms with Crippen LogP contribution in [0.4, 0.5) is 5.82 Å². The van der Waals surface area contributed by atoms with Gasteiger partial charge in [0.1, 0.15) is 11.8 Å². The van der Waals surface area contributed by atoms with E-state index in [-0.39, 0.29) is 23.6 Å². The first-order valence-electron chi connectivity index (χ1n) is 10.2. The molecule has 0 bridgehead atoms. The van der Waals surface area contributed by atoms with Crippen molar-refractivity contribution in [2.75, 3.05) is 11.9 Å². The smallest absolute Gasteiger partial charge is 0.348 e. The molecule has 3 aromatic rings. The van der Waals surface area contributed by atoms with Crippen molar-refractivity contribution in [3.63, 3.8) is 0 Å². The normalized spacial score (nSPS) is 19.0. The molecular weight excluding hydrogens is 384 g/mol. The van der Waals surface area contributed by atoms with Gasteiger partial charge in [0, 0.05) is 36.4 Å². The van der Waals surface area contributed by atoms with Crippen LogP contribution in [0.2, 0.25) is 0 Å². The summed E-state index contributed by atoms with van der Waals surface area (Å²) in [6.07, 6.45) is 6.50. The van der Waals surface area contributed by atoms with Crippen LogP contribution in [-0.2, 0) is 11.3 Å². The minimum atomic E-state index is -0.274. The summed E-state index contributed by atoms with van der Waals surface area (Å²) < 4.78 is 1.59. The number of carbonyl (C=O) groups excluding carboxylic acids is 1. The van der Waals surface area contributed by atoms with Gasteiger partial charge in [-0.25, -0.2) is 19.7 Å². The Kier molecular flexibility index (Phi) is 5.73. The number of aromatic nitrogens is 6. The van der Waals surface area contributed by atoms with Crippen molar-refractivity contribution in [3.05, 3.63) is 40.6 Å². The number of aromatic amines is 1. The van der Waals surface area contributed by atoms with Crippen LogP contribution in [-0.4, -0.2) is 48.0 Å². The molecule has 0 atom stereocenters. The molecule has 0 aliphatic heterocycles. The number of H-pyrrole nitrogens is 1. The zero-order chi connectivity index (χ0) is 21.1. The summed E-state index contributed by atoms with van der Waals surface area (Å²) >= 11 is 0. The second-order valence-electron chi connectivity index (χ2n) is 7.78. The average molecular weight is 410 g/mol. The van der Waals surface area contributed by atoms with Crippen LogP contribution in [0.15, 0.2) is 23.5 Å². The molecule has 0 spiro atoms. The van der Waals surface area contributed by atoms with Gasteiger partial charge in [0.25, 0.3) is 0 Å². The first-order chi connectivity index (χ1) is 14.5. The van der Waals surface area contributed by atoms with E-state index in [1.54, 1.807) is 17.8 Å².